The maximum absolute atomic E-state index is 12.4. The summed E-state index contributed by atoms with van der Waals surface area (Å²) < 4.78 is 1.75. The van der Waals surface area contributed by atoms with E-state index < -0.39 is 42.6 Å². The minimum Gasteiger partial charge on any atom is -0.390 e. The lowest BCUT2D eigenvalue weighted by Gasteiger charge is -2.25. The van der Waals surface area contributed by atoms with Gasteiger partial charge in [-0.3, -0.25) is 9.59 Å². The summed E-state index contributed by atoms with van der Waals surface area (Å²) in [5.74, 6) is 4.14. The molecule has 2 amide bonds. The summed E-state index contributed by atoms with van der Waals surface area (Å²) in [6, 6.07) is 7.73. The third-order valence-electron chi connectivity index (χ3n) is 6.18. The van der Waals surface area contributed by atoms with Crippen molar-refractivity contribution in [3.8, 4) is 11.8 Å². The SMILES string of the molecule is NC(=O)c1cccc(C#CCN(C[C@H]2C[C@@H](n3ccc4c(Cl)ncnc43)[C@H](O)[C@@H]2O)C(=O)CO)c1. The van der Waals surface area contributed by atoms with Crippen molar-refractivity contribution in [2.45, 2.75) is 24.7 Å². The van der Waals surface area contributed by atoms with Gasteiger partial charge in [-0.25, -0.2) is 9.97 Å². The van der Waals surface area contributed by atoms with Gasteiger partial charge >= 0.3 is 0 Å². The highest BCUT2D eigenvalue weighted by atomic mass is 35.5. The first kappa shape index (κ1) is 24.6. The number of aliphatic hydroxyl groups is 3. The lowest BCUT2D eigenvalue weighted by Crippen LogP contribution is -2.40. The van der Waals surface area contributed by atoms with Gasteiger partial charge in [0.25, 0.3) is 0 Å². The standard InChI is InChI=1S/C24H24ClN5O5/c25-22-17-6-8-30(24(17)28-13-27-22)18-10-16(20(33)21(18)34)11-29(19(32)12-31)7-2-4-14-3-1-5-15(9-14)23(26)35/h1,3,5-6,8-9,13,16,18,20-21,31,33-34H,7,10-12H2,(H2,26,35)/t16-,18-,20-,21+/m1/s1. The van der Waals surface area contributed by atoms with Gasteiger partial charge in [0, 0.05) is 29.8 Å². The number of rotatable bonds is 6. The maximum atomic E-state index is 12.4. The van der Waals surface area contributed by atoms with Crippen molar-refractivity contribution < 1.29 is 24.9 Å². The zero-order valence-electron chi connectivity index (χ0n) is 18.6. The average Bonchev–Trinajstić information content (AvgIpc) is 3.40. The Morgan fingerprint density at radius 2 is 2.03 bits per heavy atom. The minimum atomic E-state index is -1.11. The van der Waals surface area contributed by atoms with Gasteiger partial charge in [0.05, 0.1) is 24.1 Å². The van der Waals surface area contributed by atoms with E-state index in [9.17, 15) is 24.9 Å². The Morgan fingerprint density at radius 1 is 1.23 bits per heavy atom. The monoisotopic (exact) mass is 497 g/mol. The number of aromatic nitrogens is 3. The molecule has 2 aromatic heterocycles. The number of aliphatic hydroxyl groups excluding tert-OH is 3. The van der Waals surface area contributed by atoms with Crippen LogP contribution >= 0.6 is 11.6 Å². The summed E-state index contributed by atoms with van der Waals surface area (Å²) in [7, 11) is 0. The fraction of sp³-hybridized carbons (Fsp3) is 0.333. The average molecular weight is 498 g/mol. The van der Waals surface area contributed by atoms with Crippen LogP contribution < -0.4 is 5.73 Å². The van der Waals surface area contributed by atoms with E-state index in [1.54, 1.807) is 41.1 Å². The zero-order valence-corrected chi connectivity index (χ0v) is 19.3. The second-order valence-electron chi connectivity index (χ2n) is 8.35. The number of carbonyl (C=O) groups excluding carboxylic acids is 2. The predicted molar refractivity (Wildman–Crippen MR) is 127 cm³/mol. The van der Waals surface area contributed by atoms with Crippen molar-refractivity contribution in [1.82, 2.24) is 19.4 Å². The molecule has 4 atom stereocenters. The van der Waals surface area contributed by atoms with Gasteiger partial charge in [-0.1, -0.05) is 29.5 Å². The van der Waals surface area contributed by atoms with E-state index in [2.05, 4.69) is 21.8 Å². The summed E-state index contributed by atoms with van der Waals surface area (Å²) in [4.78, 5) is 33.2. The van der Waals surface area contributed by atoms with Gasteiger partial charge in [0.1, 0.15) is 29.8 Å². The fourth-order valence-electron chi connectivity index (χ4n) is 4.39. The Bertz CT molecular complexity index is 1320. The summed E-state index contributed by atoms with van der Waals surface area (Å²) >= 11 is 6.13. The molecule has 0 radical (unpaired) electrons. The third kappa shape index (κ3) is 5.13. The fourth-order valence-corrected chi connectivity index (χ4v) is 4.58. The van der Waals surface area contributed by atoms with Gasteiger partial charge in [0.15, 0.2) is 0 Å². The highest BCUT2D eigenvalue weighted by molar-refractivity contribution is 6.33. The molecule has 11 heteroatoms. The Kier molecular flexibility index (Phi) is 7.33. The molecule has 0 aliphatic heterocycles. The normalized spacial score (nSPS) is 21.5. The molecule has 4 rings (SSSR count). The van der Waals surface area contributed by atoms with Crippen LogP contribution in [0.3, 0.4) is 0 Å². The molecular formula is C24H24ClN5O5. The molecule has 10 nitrogen and oxygen atoms in total. The molecule has 1 fully saturated rings. The molecule has 1 aliphatic carbocycles. The lowest BCUT2D eigenvalue weighted by molar-refractivity contribution is -0.134. The number of benzene rings is 1. The first-order valence-electron chi connectivity index (χ1n) is 10.9. The Labute approximate surface area is 206 Å². The van der Waals surface area contributed by atoms with Crippen molar-refractivity contribution in [2.75, 3.05) is 19.7 Å². The molecule has 0 saturated heterocycles. The molecule has 2 heterocycles. The molecule has 1 aromatic carbocycles. The van der Waals surface area contributed by atoms with Crippen molar-refractivity contribution in [2.24, 2.45) is 11.7 Å². The molecule has 0 spiro atoms. The molecule has 0 unspecified atom stereocenters. The van der Waals surface area contributed by atoms with Crippen LogP contribution in [0.4, 0.5) is 0 Å². The van der Waals surface area contributed by atoms with Gasteiger partial charge in [0.2, 0.25) is 11.8 Å². The quantitative estimate of drug-likeness (QED) is 0.282. The Morgan fingerprint density at radius 3 is 2.77 bits per heavy atom. The maximum Gasteiger partial charge on any atom is 0.249 e. The highest BCUT2D eigenvalue weighted by Gasteiger charge is 2.43. The van der Waals surface area contributed by atoms with E-state index in [1.807, 2.05) is 0 Å². The smallest absolute Gasteiger partial charge is 0.249 e. The molecule has 35 heavy (non-hydrogen) atoms. The van der Waals surface area contributed by atoms with Gasteiger partial charge in [-0.2, -0.15) is 0 Å². The number of nitrogens with two attached hydrogens (primary N) is 1. The van der Waals surface area contributed by atoms with Crippen molar-refractivity contribution in [3.05, 3.63) is 59.1 Å². The molecule has 182 valence electrons. The van der Waals surface area contributed by atoms with Gasteiger partial charge in [-0.05, 0) is 30.7 Å². The second-order valence-corrected chi connectivity index (χ2v) is 8.71. The molecule has 3 aromatic rings. The van der Waals surface area contributed by atoms with Crippen LogP contribution in [-0.2, 0) is 4.79 Å². The Balaban J connectivity index is 1.50. The van der Waals surface area contributed by atoms with E-state index in [4.69, 9.17) is 17.3 Å². The largest absolute Gasteiger partial charge is 0.390 e. The lowest BCUT2D eigenvalue weighted by atomic mass is 10.0. The second kappa shape index (κ2) is 10.4. The molecule has 1 saturated carbocycles. The number of hydrogen-bond donors (Lipinski definition) is 4. The predicted octanol–water partition coefficient (Wildman–Crippen LogP) is 0.339. The first-order chi connectivity index (χ1) is 16.8. The minimum absolute atomic E-state index is 0.0144. The van der Waals surface area contributed by atoms with Crippen LogP contribution in [-0.4, -0.2) is 78.5 Å². The van der Waals surface area contributed by atoms with Crippen LogP contribution in [0.1, 0.15) is 28.4 Å². The molecular weight excluding hydrogens is 474 g/mol. The van der Waals surface area contributed by atoms with Crippen LogP contribution in [0, 0.1) is 17.8 Å². The Hall–Kier alpha value is -3.49. The molecule has 0 bridgehead atoms. The van der Waals surface area contributed by atoms with Crippen LogP contribution in [0.15, 0.2) is 42.9 Å². The van der Waals surface area contributed by atoms with E-state index in [1.165, 1.54) is 11.2 Å². The third-order valence-corrected chi connectivity index (χ3v) is 6.48. The summed E-state index contributed by atoms with van der Waals surface area (Å²) in [6.45, 7) is -0.649. The summed E-state index contributed by atoms with van der Waals surface area (Å²) in [5, 5.41) is 31.9. The number of primary amides is 1. The zero-order chi connectivity index (χ0) is 25.1. The number of halogens is 1. The summed E-state index contributed by atoms with van der Waals surface area (Å²) in [5.41, 5.74) is 6.69. The van der Waals surface area contributed by atoms with E-state index in [0.29, 0.717) is 28.6 Å². The van der Waals surface area contributed by atoms with Gasteiger partial charge in [-0.15, -0.1) is 0 Å². The number of hydrogen-bond acceptors (Lipinski definition) is 7. The topological polar surface area (TPSA) is 155 Å². The molecule has 5 N–H and O–H groups in total. The number of fused-ring (bicyclic) bond motifs is 1. The number of amides is 2. The van der Waals surface area contributed by atoms with Gasteiger partial charge < -0.3 is 30.5 Å². The van der Waals surface area contributed by atoms with Crippen molar-refractivity contribution in [3.63, 3.8) is 0 Å². The van der Waals surface area contributed by atoms with E-state index in [-0.39, 0.29) is 18.2 Å². The van der Waals surface area contributed by atoms with Crippen LogP contribution in [0.2, 0.25) is 5.15 Å². The van der Waals surface area contributed by atoms with Crippen molar-refractivity contribution in [1.29, 1.82) is 0 Å². The van der Waals surface area contributed by atoms with Crippen LogP contribution in [0.5, 0.6) is 0 Å². The number of nitrogens with zero attached hydrogens (tertiary/aromatic N) is 4. The van der Waals surface area contributed by atoms with Crippen LogP contribution in [0.25, 0.3) is 11.0 Å². The molecule has 1 aliphatic rings. The number of carbonyl (C=O) groups is 2. The first-order valence-corrected chi connectivity index (χ1v) is 11.3. The summed E-state index contributed by atoms with van der Waals surface area (Å²) in [6.07, 6.45) is 1.21. The van der Waals surface area contributed by atoms with E-state index in [0.717, 1.165) is 0 Å². The van der Waals surface area contributed by atoms with Crippen molar-refractivity contribution >= 4 is 34.4 Å². The van der Waals surface area contributed by atoms with E-state index >= 15 is 0 Å². The highest BCUT2D eigenvalue weighted by Crippen LogP contribution is 2.38.